The van der Waals surface area contributed by atoms with Crippen LogP contribution in [-0.2, 0) is 4.79 Å². The molecule has 4 rings (SSSR count). The number of nitrogens with one attached hydrogen (secondary N) is 1. The summed E-state index contributed by atoms with van der Waals surface area (Å²) in [6.45, 7) is 4.65. The molecule has 0 bridgehead atoms. The van der Waals surface area contributed by atoms with Crippen molar-refractivity contribution in [2.75, 3.05) is 24.8 Å². The number of benzene rings is 1. The van der Waals surface area contributed by atoms with E-state index in [1.807, 2.05) is 29.8 Å². The number of anilines is 1. The number of ketones is 1. The molecule has 1 unspecified atom stereocenters. The van der Waals surface area contributed by atoms with Crippen LogP contribution in [0.1, 0.15) is 57.6 Å². The van der Waals surface area contributed by atoms with Crippen LogP contribution in [0.3, 0.4) is 0 Å². The summed E-state index contributed by atoms with van der Waals surface area (Å²) in [5, 5.41) is 8.89. The zero-order chi connectivity index (χ0) is 21.1. The summed E-state index contributed by atoms with van der Waals surface area (Å²) in [5.74, 6) is 3.19. The first-order valence-electron chi connectivity index (χ1n) is 10.6. The van der Waals surface area contributed by atoms with Gasteiger partial charge in [-0.05, 0) is 43.9 Å². The molecule has 2 aliphatic rings. The molecule has 1 N–H and O–H groups in total. The molecule has 0 amide bonds. The first-order chi connectivity index (χ1) is 14.7. The van der Waals surface area contributed by atoms with Crippen molar-refractivity contribution in [1.29, 1.82) is 0 Å². The number of carbonyl (C=O) groups is 1. The molecule has 0 fully saturated rings. The van der Waals surface area contributed by atoms with Gasteiger partial charge in [0.15, 0.2) is 17.3 Å². The lowest BCUT2D eigenvalue weighted by atomic mass is 9.85. The summed E-state index contributed by atoms with van der Waals surface area (Å²) in [4.78, 5) is 17.7. The van der Waals surface area contributed by atoms with E-state index in [4.69, 9.17) is 19.6 Å². The Kier molecular flexibility index (Phi) is 6.32. The van der Waals surface area contributed by atoms with Crippen LogP contribution in [0.15, 0.2) is 34.6 Å². The van der Waals surface area contributed by atoms with Crippen molar-refractivity contribution in [1.82, 2.24) is 14.8 Å². The van der Waals surface area contributed by atoms with E-state index in [1.165, 1.54) is 0 Å². The molecular weight excluding hydrogens is 400 g/mol. The van der Waals surface area contributed by atoms with Crippen molar-refractivity contribution in [3.8, 4) is 11.5 Å². The number of allylic oxidation sites excluding steroid dienone is 2. The second kappa shape index (κ2) is 9.12. The van der Waals surface area contributed by atoms with Crippen LogP contribution in [0.2, 0.25) is 0 Å². The fraction of sp³-hybridized carbons (Fsp3) is 0.500. The Hall–Kier alpha value is -2.48. The van der Waals surface area contributed by atoms with Crippen molar-refractivity contribution in [2.24, 2.45) is 0 Å². The highest BCUT2D eigenvalue weighted by Crippen LogP contribution is 2.42. The maximum atomic E-state index is 13.0. The molecule has 2 aromatic rings. The SMILES string of the molecule is CCCCSc1nc2n(n1)C(c1ccc(OC)c(OCC)c1)C1=C(CCCC1=O)N2. The molecular formula is C22H28N4O3S. The van der Waals surface area contributed by atoms with Gasteiger partial charge in [-0.15, -0.1) is 5.10 Å². The lowest BCUT2D eigenvalue weighted by Gasteiger charge is -2.32. The van der Waals surface area contributed by atoms with E-state index in [0.717, 1.165) is 53.4 Å². The standard InChI is InChI=1S/C22H28N4O3S/c1-4-6-12-30-22-24-21-23-15-8-7-9-16(27)19(15)20(26(21)25-22)14-10-11-17(28-3)18(13-14)29-5-2/h10-11,13,20H,4-9,12H2,1-3H3,(H,23,24,25). The molecule has 160 valence electrons. The number of unbranched alkanes of at least 4 members (excludes halogenated alkanes) is 1. The normalized spacial score (nSPS) is 18.0. The summed E-state index contributed by atoms with van der Waals surface area (Å²) in [6, 6.07) is 5.52. The fourth-order valence-corrected chi connectivity index (χ4v) is 4.86. The number of thioether (sulfide) groups is 1. The van der Waals surface area contributed by atoms with E-state index in [9.17, 15) is 4.79 Å². The van der Waals surface area contributed by atoms with E-state index in [-0.39, 0.29) is 11.8 Å². The highest BCUT2D eigenvalue weighted by Gasteiger charge is 2.37. The predicted octanol–water partition coefficient (Wildman–Crippen LogP) is 4.60. The molecule has 0 saturated heterocycles. The number of ether oxygens (including phenoxy) is 2. The zero-order valence-corrected chi connectivity index (χ0v) is 18.6. The molecule has 1 aromatic heterocycles. The molecule has 1 atom stereocenters. The Morgan fingerprint density at radius 2 is 2.13 bits per heavy atom. The Bertz CT molecular complexity index is 969. The maximum absolute atomic E-state index is 13.0. The third kappa shape index (κ3) is 3.93. The highest BCUT2D eigenvalue weighted by molar-refractivity contribution is 7.99. The average molecular weight is 429 g/mol. The monoisotopic (exact) mass is 428 g/mol. The van der Waals surface area contributed by atoms with Gasteiger partial charge in [0.05, 0.1) is 13.7 Å². The average Bonchev–Trinajstić information content (AvgIpc) is 3.15. The first-order valence-corrected chi connectivity index (χ1v) is 11.6. The van der Waals surface area contributed by atoms with E-state index in [0.29, 0.717) is 30.5 Å². The molecule has 1 aliphatic carbocycles. The lowest BCUT2D eigenvalue weighted by Crippen LogP contribution is -2.31. The van der Waals surface area contributed by atoms with Crippen LogP contribution in [-0.4, -0.2) is 40.0 Å². The van der Waals surface area contributed by atoms with Gasteiger partial charge in [0, 0.05) is 23.4 Å². The second-order valence-electron chi connectivity index (χ2n) is 7.40. The van der Waals surface area contributed by atoms with Crippen molar-refractivity contribution >= 4 is 23.5 Å². The Morgan fingerprint density at radius 3 is 2.90 bits per heavy atom. The third-order valence-electron chi connectivity index (χ3n) is 5.38. The summed E-state index contributed by atoms with van der Waals surface area (Å²) in [5.41, 5.74) is 2.70. The molecule has 0 radical (unpaired) electrons. The van der Waals surface area contributed by atoms with Crippen LogP contribution >= 0.6 is 11.8 Å². The number of hydrogen-bond donors (Lipinski definition) is 1. The summed E-state index contributed by atoms with van der Waals surface area (Å²) in [7, 11) is 1.63. The number of nitrogens with zero attached hydrogens (tertiary/aromatic N) is 3. The van der Waals surface area contributed by atoms with E-state index in [2.05, 4.69) is 12.2 Å². The number of hydrogen-bond acceptors (Lipinski definition) is 7. The van der Waals surface area contributed by atoms with Crippen LogP contribution in [0, 0.1) is 0 Å². The number of rotatable bonds is 8. The smallest absolute Gasteiger partial charge is 0.227 e. The van der Waals surface area contributed by atoms with Gasteiger partial charge in [-0.1, -0.05) is 31.2 Å². The van der Waals surface area contributed by atoms with Gasteiger partial charge in [0.1, 0.15) is 6.04 Å². The van der Waals surface area contributed by atoms with Crippen molar-refractivity contribution in [2.45, 2.75) is 57.1 Å². The Balaban J connectivity index is 1.78. The predicted molar refractivity (Wildman–Crippen MR) is 117 cm³/mol. The van der Waals surface area contributed by atoms with Crippen molar-refractivity contribution < 1.29 is 14.3 Å². The zero-order valence-electron chi connectivity index (χ0n) is 17.7. The summed E-state index contributed by atoms with van der Waals surface area (Å²) >= 11 is 1.66. The minimum absolute atomic E-state index is 0.170. The fourth-order valence-electron chi connectivity index (χ4n) is 3.95. The number of methoxy groups -OCH3 is 1. The topological polar surface area (TPSA) is 78.3 Å². The largest absolute Gasteiger partial charge is 0.493 e. The summed E-state index contributed by atoms with van der Waals surface area (Å²) < 4.78 is 13.1. The molecule has 2 heterocycles. The second-order valence-corrected chi connectivity index (χ2v) is 8.47. The molecule has 0 spiro atoms. The number of fused-ring (bicyclic) bond motifs is 1. The molecule has 1 aliphatic heterocycles. The lowest BCUT2D eigenvalue weighted by molar-refractivity contribution is -0.116. The van der Waals surface area contributed by atoms with Gasteiger partial charge < -0.3 is 14.8 Å². The van der Waals surface area contributed by atoms with Crippen LogP contribution in [0.25, 0.3) is 0 Å². The van der Waals surface area contributed by atoms with Gasteiger partial charge in [0.25, 0.3) is 0 Å². The molecule has 1 aromatic carbocycles. The molecule has 7 nitrogen and oxygen atoms in total. The Morgan fingerprint density at radius 1 is 1.27 bits per heavy atom. The molecule has 30 heavy (non-hydrogen) atoms. The number of carbonyl (C=O) groups excluding carboxylic acids is 1. The Labute approximate surface area is 181 Å². The van der Waals surface area contributed by atoms with E-state index < -0.39 is 0 Å². The van der Waals surface area contributed by atoms with Gasteiger partial charge in [0.2, 0.25) is 11.1 Å². The number of Topliss-reactive ketones (excluding diaryl/α,β-unsaturated/α-hetero) is 1. The van der Waals surface area contributed by atoms with Crippen LogP contribution in [0.4, 0.5) is 5.95 Å². The molecule has 8 heteroatoms. The van der Waals surface area contributed by atoms with Gasteiger partial charge >= 0.3 is 0 Å². The minimum Gasteiger partial charge on any atom is -0.493 e. The van der Waals surface area contributed by atoms with Crippen LogP contribution in [0.5, 0.6) is 11.5 Å². The third-order valence-corrected chi connectivity index (χ3v) is 6.30. The summed E-state index contributed by atoms with van der Waals surface area (Å²) in [6.07, 6.45) is 4.52. The maximum Gasteiger partial charge on any atom is 0.227 e. The van der Waals surface area contributed by atoms with Crippen molar-refractivity contribution in [3.63, 3.8) is 0 Å². The first kappa shape index (κ1) is 20.8. The van der Waals surface area contributed by atoms with Crippen LogP contribution < -0.4 is 14.8 Å². The number of aromatic nitrogens is 3. The van der Waals surface area contributed by atoms with Crippen molar-refractivity contribution in [3.05, 3.63) is 35.0 Å². The van der Waals surface area contributed by atoms with E-state index in [1.54, 1.807) is 18.9 Å². The molecule has 0 saturated carbocycles. The van der Waals surface area contributed by atoms with E-state index >= 15 is 0 Å². The van der Waals surface area contributed by atoms with Gasteiger partial charge in [-0.2, -0.15) is 4.98 Å². The van der Waals surface area contributed by atoms with Gasteiger partial charge in [-0.25, -0.2) is 4.68 Å². The minimum atomic E-state index is -0.317. The van der Waals surface area contributed by atoms with Gasteiger partial charge in [-0.3, -0.25) is 4.79 Å². The highest BCUT2D eigenvalue weighted by atomic mass is 32.2. The quantitative estimate of drug-likeness (QED) is 0.486.